The number of nitrogens with zero attached hydrogens (tertiary/aromatic N) is 2. The zero-order valence-electron chi connectivity index (χ0n) is 12.9. The molecule has 2 aromatic heterocycles. The van der Waals surface area contributed by atoms with E-state index in [1.807, 2.05) is 13.8 Å². The Hall–Kier alpha value is -2.67. The fourth-order valence-corrected chi connectivity index (χ4v) is 3.16. The van der Waals surface area contributed by atoms with Gasteiger partial charge in [0.05, 0.1) is 7.11 Å². The van der Waals surface area contributed by atoms with E-state index in [1.54, 1.807) is 31.4 Å². The molecule has 0 fully saturated rings. The highest BCUT2D eigenvalue weighted by molar-refractivity contribution is 7.17. The first-order valence-electron chi connectivity index (χ1n) is 6.94. The van der Waals surface area contributed by atoms with Gasteiger partial charge in [0.25, 0.3) is 11.5 Å². The molecule has 1 N–H and O–H groups in total. The Balaban J connectivity index is 1.99. The summed E-state index contributed by atoms with van der Waals surface area (Å²) >= 11 is 1.43. The molecule has 0 radical (unpaired) electrons. The fraction of sp³-hybridized carbons (Fsp3) is 0.188. The zero-order valence-corrected chi connectivity index (χ0v) is 13.7. The van der Waals surface area contributed by atoms with Gasteiger partial charge in [-0.1, -0.05) is 6.07 Å². The normalized spacial score (nSPS) is 10.7. The largest absolute Gasteiger partial charge is 0.497 e. The van der Waals surface area contributed by atoms with E-state index in [4.69, 9.17) is 4.74 Å². The second kappa shape index (κ2) is 5.85. The van der Waals surface area contributed by atoms with Crippen LogP contribution in [-0.2, 0) is 0 Å². The molecule has 1 amide bonds. The van der Waals surface area contributed by atoms with Gasteiger partial charge in [-0.2, -0.15) is 0 Å². The molecular weight excluding hydrogens is 314 g/mol. The molecule has 1 aromatic carbocycles. The number of ether oxygens (including phenoxy) is 1. The molecule has 0 saturated carbocycles. The molecule has 0 unspecified atom stereocenters. The van der Waals surface area contributed by atoms with Gasteiger partial charge in [0.2, 0.25) is 0 Å². The Morgan fingerprint density at radius 1 is 1.35 bits per heavy atom. The van der Waals surface area contributed by atoms with E-state index in [9.17, 15) is 9.59 Å². The minimum Gasteiger partial charge on any atom is -0.497 e. The van der Waals surface area contributed by atoms with Gasteiger partial charge in [0.15, 0.2) is 4.96 Å². The number of fused-ring (bicyclic) bond motifs is 1. The smallest absolute Gasteiger partial charge is 0.271 e. The zero-order chi connectivity index (χ0) is 16.6. The van der Waals surface area contributed by atoms with Crippen molar-refractivity contribution in [1.29, 1.82) is 0 Å². The topological polar surface area (TPSA) is 72.7 Å². The number of carbonyl (C=O) groups is 1. The monoisotopic (exact) mass is 329 g/mol. The molecule has 0 spiro atoms. The van der Waals surface area contributed by atoms with Gasteiger partial charge in [0, 0.05) is 28.5 Å². The Morgan fingerprint density at radius 2 is 2.13 bits per heavy atom. The average molecular weight is 329 g/mol. The number of benzene rings is 1. The summed E-state index contributed by atoms with van der Waals surface area (Å²) in [6, 6.07) is 6.94. The second-order valence-electron chi connectivity index (χ2n) is 5.02. The number of aryl methyl sites for hydroxylation is 2. The van der Waals surface area contributed by atoms with Crippen LogP contribution in [0.5, 0.6) is 5.75 Å². The third-order valence-electron chi connectivity index (χ3n) is 3.59. The van der Waals surface area contributed by atoms with Crippen molar-refractivity contribution in [2.45, 2.75) is 13.8 Å². The van der Waals surface area contributed by atoms with E-state index in [-0.39, 0.29) is 11.1 Å². The summed E-state index contributed by atoms with van der Waals surface area (Å²) in [5.74, 6) is 0.130. The van der Waals surface area contributed by atoms with Crippen molar-refractivity contribution >= 4 is 27.9 Å². The maximum absolute atomic E-state index is 12.6. The number of amides is 1. The molecule has 3 aromatic rings. The summed E-state index contributed by atoms with van der Waals surface area (Å²) in [6.45, 7) is 3.76. The summed E-state index contributed by atoms with van der Waals surface area (Å²) < 4.78 is 6.59. The minimum absolute atomic E-state index is 0.00576. The molecular formula is C16H15N3O3S. The molecule has 2 heterocycles. The van der Waals surface area contributed by atoms with Crippen LogP contribution in [-0.4, -0.2) is 22.4 Å². The van der Waals surface area contributed by atoms with E-state index < -0.39 is 5.91 Å². The lowest BCUT2D eigenvalue weighted by molar-refractivity contribution is 0.102. The summed E-state index contributed by atoms with van der Waals surface area (Å²) in [5, 5.41) is 2.70. The summed E-state index contributed by atoms with van der Waals surface area (Å²) in [6.07, 6.45) is 1.32. The third kappa shape index (κ3) is 2.70. The summed E-state index contributed by atoms with van der Waals surface area (Å²) in [4.78, 5) is 30.8. The van der Waals surface area contributed by atoms with Crippen LogP contribution in [0.25, 0.3) is 4.96 Å². The number of methoxy groups -OCH3 is 1. The average Bonchev–Trinajstić information content (AvgIpc) is 2.83. The molecule has 0 aliphatic heterocycles. The molecule has 0 aliphatic carbocycles. The van der Waals surface area contributed by atoms with E-state index in [0.29, 0.717) is 16.4 Å². The van der Waals surface area contributed by atoms with Crippen LogP contribution in [0.15, 0.2) is 35.3 Å². The van der Waals surface area contributed by atoms with Crippen LogP contribution in [0, 0.1) is 13.8 Å². The molecule has 118 valence electrons. The van der Waals surface area contributed by atoms with Crippen molar-refractivity contribution in [3.8, 4) is 5.75 Å². The van der Waals surface area contributed by atoms with Crippen molar-refractivity contribution in [2.24, 2.45) is 0 Å². The molecule has 0 aliphatic rings. The lowest BCUT2D eigenvalue weighted by atomic mass is 10.2. The third-order valence-corrected chi connectivity index (χ3v) is 4.66. The minimum atomic E-state index is -0.492. The number of thiazole rings is 1. The number of aromatic nitrogens is 2. The molecule has 0 atom stereocenters. The first-order chi connectivity index (χ1) is 11.0. The predicted molar refractivity (Wildman–Crippen MR) is 89.8 cm³/mol. The van der Waals surface area contributed by atoms with E-state index in [2.05, 4.69) is 10.3 Å². The number of hydrogen-bond acceptors (Lipinski definition) is 5. The van der Waals surface area contributed by atoms with Crippen LogP contribution < -0.4 is 15.6 Å². The van der Waals surface area contributed by atoms with E-state index in [0.717, 1.165) is 10.6 Å². The SMILES string of the molecule is COc1cccc(NC(=O)c2cnc3sc(C)c(C)n3c2=O)c1. The molecule has 0 saturated heterocycles. The van der Waals surface area contributed by atoms with Crippen LogP contribution in [0.3, 0.4) is 0 Å². The quantitative estimate of drug-likeness (QED) is 0.802. The molecule has 23 heavy (non-hydrogen) atoms. The first-order valence-corrected chi connectivity index (χ1v) is 7.76. The second-order valence-corrected chi connectivity index (χ2v) is 6.21. The fourth-order valence-electron chi connectivity index (χ4n) is 2.23. The van der Waals surface area contributed by atoms with Gasteiger partial charge in [-0.15, -0.1) is 11.3 Å². The van der Waals surface area contributed by atoms with Crippen LogP contribution in [0.2, 0.25) is 0 Å². The highest BCUT2D eigenvalue weighted by atomic mass is 32.1. The number of rotatable bonds is 3. The molecule has 6 nitrogen and oxygen atoms in total. The maximum Gasteiger partial charge on any atom is 0.271 e. The molecule has 3 rings (SSSR count). The lowest BCUT2D eigenvalue weighted by Crippen LogP contribution is -2.26. The van der Waals surface area contributed by atoms with Gasteiger partial charge < -0.3 is 10.1 Å². The van der Waals surface area contributed by atoms with E-state index in [1.165, 1.54) is 21.9 Å². The van der Waals surface area contributed by atoms with Crippen molar-refractivity contribution in [3.63, 3.8) is 0 Å². The summed E-state index contributed by atoms with van der Waals surface area (Å²) in [5.41, 5.74) is 0.999. The van der Waals surface area contributed by atoms with Crippen molar-refractivity contribution in [2.75, 3.05) is 12.4 Å². The highest BCUT2D eigenvalue weighted by Crippen LogP contribution is 2.19. The predicted octanol–water partition coefficient (Wildman–Crippen LogP) is 2.63. The van der Waals surface area contributed by atoms with Crippen LogP contribution in [0.1, 0.15) is 20.9 Å². The van der Waals surface area contributed by atoms with Crippen molar-refractivity contribution in [1.82, 2.24) is 9.38 Å². The van der Waals surface area contributed by atoms with E-state index >= 15 is 0 Å². The van der Waals surface area contributed by atoms with Gasteiger partial charge >= 0.3 is 0 Å². The van der Waals surface area contributed by atoms with Crippen molar-refractivity contribution in [3.05, 3.63) is 57.0 Å². The van der Waals surface area contributed by atoms with Crippen LogP contribution >= 0.6 is 11.3 Å². The van der Waals surface area contributed by atoms with Gasteiger partial charge in [0.1, 0.15) is 11.3 Å². The first kappa shape index (κ1) is 15.2. The standard InChI is InChI=1S/C16H15N3O3S/c1-9-10(2)23-16-17-8-13(15(21)19(9)16)14(20)18-11-5-4-6-12(7-11)22-3/h4-8H,1-3H3,(H,18,20). The van der Waals surface area contributed by atoms with Gasteiger partial charge in [-0.3, -0.25) is 14.0 Å². The highest BCUT2D eigenvalue weighted by Gasteiger charge is 2.16. The van der Waals surface area contributed by atoms with Crippen LogP contribution in [0.4, 0.5) is 5.69 Å². The summed E-state index contributed by atoms with van der Waals surface area (Å²) in [7, 11) is 1.55. The lowest BCUT2D eigenvalue weighted by Gasteiger charge is -2.07. The Labute approximate surface area is 136 Å². The maximum atomic E-state index is 12.6. The number of carbonyl (C=O) groups excluding carboxylic acids is 1. The van der Waals surface area contributed by atoms with Gasteiger partial charge in [-0.05, 0) is 26.0 Å². The Kier molecular flexibility index (Phi) is 3.87. The number of anilines is 1. The Morgan fingerprint density at radius 3 is 2.87 bits per heavy atom. The molecule has 0 bridgehead atoms. The van der Waals surface area contributed by atoms with Crippen molar-refractivity contribution < 1.29 is 9.53 Å². The van der Waals surface area contributed by atoms with Gasteiger partial charge in [-0.25, -0.2) is 4.98 Å². The number of nitrogens with one attached hydrogen (secondary N) is 1. The number of hydrogen-bond donors (Lipinski definition) is 1. The molecule has 7 heteroatoms. The Bertz CT molecular complexity index is 959.